The topological polar surface area (TPSA) is 68.8 Å². The molecule has 5 rings (SSSR count). The van der Waals surface area contributed by atoms with Crippen LogP contribution < -0.4 is 0 Å². The van der Waals surface area contributed by atoms with E-state index in [1.165, 1.54) is 33.4 Å². The number of carbonyl (C=O) groups excluding carboxylic acids is 1. The fourth-order valence-corrected chi connectivity index (χ4v) is 4.42. The van der Waals surface area contributed by atoms with Crippen LogP contribution in [0.1, 0.15) is 33.0 Å². The van der Waals surface area contributed by atoms with Crippen LogP contribution in [0.4, 0.5) is 17.6 Å². The molecule has 1 aliphatic heterocycles. The molecule has 0 N–H and O–H groups in total. The quantitative estimate of drug-likeness (QED) is 0.413. The maximum atomic E-state index is 14.8. The van der Waals surface area contributed by atoms with E-state index in [0.29, 0.717) is 28.7 Å². The third-order valence-electron chi connectivity index (χ3n) is 6.05. The first-order chi connectivity index (χ1) is 16.0. The zero-order chi connectivity index (χ0) is 24.4. The van der Waals surface area contributed by atoms with Crippen molar-refractivity contribution in [2.75, 3.05) is 6.54 Å². The molecule has 0 saturated carbocycles. The van der Waals surface area contributed by atoms with Crippen LogP contribution in [0.3, 0.4) is 0 Å². The van der Waals surface area contributed by atoms with Gasteiger partial charge in [0.2, 0.25) is 0 Å². The minimum atomic E-state index is -4.56. The van der Waals surface area contributed by atoms with Gasteiger partial charge in [-0.1, -0.05) is 6.07 Å². The largest absolute Gasteiger partial charge is 0.435 e. The standard InChI is InChI=1S/C23H20F4N6O/c1-12-4-5-13-8-15(16(24)9-17(13)28-12)22(34)33-7-6-14-18(11-33)29-32(3)21(14)19-10-20(23(25,26)27)30-31(19)2/h4-5,8-10H,6-7,11H2,1-3H3. The molecule has 1 aromatic carbocycles. The summed E-state index contributed by atoms with van der Waals surface area (Å²) < 4.78 is 56.9. The number of carbonyl (C=O) groups is 1. The second-order valence-electron chi connectivity index (χ2n) is 8.39. The fourth-order valence-electron chi connectivity index (χ4n) is 4.42. The average Bonchev–Trinajstić information content (AvgIpc) is 3.30. The lowest BCUT2D eigenvalue weighted by atomic mass is 10.0. The highest BCUT2D eigenvalue weighted by Gasteiger charge is 2.36. The molecular weight excluding hydrogens is 452 g/mol. The molecule has 0 aliphatic carbocycles. The number of nitrogens with zero attached hydrogens (tertiary/aromatic N) is 6. The van der Waals surface area contributed by atoms with Crippen LogP contribution in [0.2, 0.25) is 0 Å². The zero-order valence-electron chi connectivity index (χ0n) is 18.6. The van der Waals surface area contributed by atoms with Gasteiger partial charge < -0.3 is 4.90 Å². The molecule has 4 aromatic rings. The fraction of sp³-hybridized carbons (Fsp3) is 0.304. The highest BCUT2D eigenvalue weighted by atomic mass is 19.4. The SMILES string of the molecule is Cc1ccc2cc(C(=O)N3CCc4c(nn(C)c4-c4cc(C(F)(F)F)nn4C)C3)c(F)cc2n1. The van der Waals surface area contributed by atoms with Crippen molar-refractivity contribution in [2.24, 2.45) is 14.1 Å². The van der Waals surface area contributed by atoms with Gasteiger partial charge in [0.05, 0.1) is 34.7 Å². The Morgan fingerprint density at radius 2 is 1.82 bits per heavy atom. The van der Waals surface area contributed by atoms with Gasteiger partial charge in [-0.2, -0.15) is 23.4 Å². The maximum absolute atomic E-state index is 14.8. The van der Waals surface area contributed by atoms with Crippen molar-refractivity contribution in [3.8, 4) is 11.4 Å². The molecule has 1 amide bonds. The summed E-state index contributed by atoms with van der Waals surface area (Å²) in [6, 6.07) is 7.32. The predicted octanol–water partition coefficient (Wildman–Crippen LogP) is 4.03. The highest BCUT2D eigenvalue weighted by molar-refractivity contribution is 5.98. The highest BCUT2D eigenvalue weighted by Crippen LogP contribution is 2.35. The first-order valence-corrected chi connectivity index (χ1v) is 10.6. The molecule has 0 fully saturated rings. The molecule has 176 valence electrons. The predicted molar refractivity (Wildman–Crippen MR) is 115 cm³/mol. The Labute approximate surface area is 191 Å². The van der Waals surface area contributed by atoms with E-state index in [2.05, 4.69) is 15.2 Å². The molecule has 0 atom stereocenters. The van der Waals surface area contributed by atoms with E-state index in [4.69, 9.17) is 0 Å². The summed E-state index contributed by atoms with van der Waals surface area (Å²) in [5.41, 5.74) is 2.29. The Morgan fingerprint density at radius 3 is 2.53 bits per heavy atom. The summed E-state index contributed by atoms with van der Waals surface area (Å²) >= 11 is 0. The van der Waals surface area contributed by atoms with Crippen molar-refractivity contribution in [2.45, 2.75) is 26.1 Å². The lowest BCUT2D eigenvalue weighted by Crippen LogP contribution is -2.36. The van der Waals surface area contributed by atoms with E-state index < -0.39 is 23.6 Å². The van der Waals surface area contributed by atoms with Crippen molar-refractivity contribution in [3.63, 3.8) is 0 Å². The molecule has 0 spiro atoms. The molecular formula is C23H20F4N6O. The van der Waals surface area contributed by atoms with Crippen LogP contribution in [0.5, 0.6) is 0 Å². The van der Waals surface area contributed by atoms with Crippen LogP contribution in [-0.2, 0) is 33.2 Å². The Kier molecular flexibility index (Phi) is 4.96. The van der Waals surface area contributed by atoms with E-state index in [1.54, 1.807) is 26.1 Å². The van der Waals surface area contributed by atoms with Gasteiger partial charge in [-0.25, -0.2) is 4.39 Å². The van der Waals surface area contributed by atoms with Gasteiger partial charge in [-0.3, -0.25) is 19.1 Å². The van der Waals surface area contributed by atoms with Crippen LogP contribution in [0, 0.1) is 12.7 Å². The summed E-state index contributed by atoms with van der Waals surface area (Å²) in [5.74, 6) is -1.13. The monoisotopic (exact) mass is 472 g/mol. The Morgan fingerprint density at radius 1 is 1.06 bits per heavy atom. The Hall–Kier alpha value is -3.76. The minimum Gasteiger partial charge on any atom is -0.332 e. The smallest absolute Gasteiger partial charge is 0.332 e. The number of aryl methyl sites for hydroxylation is 3. The zero-order valence-corrected chi connectivity index (χ0v) is 18.6. The number of hydrogen-bond acceptors (Lipinski definition) is 4. The lowest BCUT2D eigenvalue weighted by Gasteiger charge is -2.27. The van der Waals surface area contributed by atoms with Gasteiger partial charge in [0, 0.05) is 43.4 Å². The van der Waals surface area contributed by atoms with Gasteiger partial charge in [0.25, 0.3) is 5.91 Å². The molecule has 0 unspecified atom stereocenters. The number of rotatable bonds is 2. The molecule has 0 bridgehead atoms. The summed E-state index contributed by atoms with van der Waals surface area (Å²) in [5, 5.41) is 8.69. The molecule has 0 saturated heterocycles. The molecule has 3 aromatic heterocycles. The van der Waals surface area contributed by atoms with Gasteiger partial charge in [0.1, 0.15) is 5.82 Å². The van der Waals surface area contributed by atoms with Gasteiger partial charge in [-0.05, 0) is 31.5 Å². The van der Waals surface area contributed by atoms with E-state index in [0.717, 1.165) is 17.3 Å². The summed E-state index contributed by atoms with van der Waals surface area (Å²) in [6.45, 7) is 2.20. The number of alkyl halides is 3. The minimum absolute atomic E-state index is 0.0563. The van der Waals surface area contributed by atoms with Gasteiger partial charge in [0.15, 0.2) is 5.69 Å². The number of benzene rings is 1. The number of hydrogen-bond donors (Lipinski definition) is 0. The summed E-state index contributed by atoms with van der Waals surface area (Å²) in [7, 11) is 3.08. The molecule has 11 heteroatoms. The van der Waals surface area contributed by atoms with E-state index in [-0.39, 0.29) is 24.3 Å². The number of halogens is 4. The van der Waals surface area contributed by atoms with E-state index in [9.17, 15) is 22.4 Å². The number of amides is 1. The molecule has 34 heavy (non-hydrogen) atoms. The van der Waals surface area contributed by atoms with E-state index in [1.807, 2.05) is 0 Å². The van der Waals surface area contributed by atoms with Crippen LogP contribution >= 0.6 is 0 Å². The van der Waals surface area contributed by atoms with Crippen LogP contribution in [-0.4, -0.2) is 41.9 Å². The van der Waals surface area contributed by atoms with Crippen LogP contribution in [0.25, 0.3) is 22.3 Å². The average molecular weight is 472 g/mol. The van der Waals surface area contributed by atoms with Crippen molar-refractivity contribution >= 4 is 16.8 Å². The normalized spacial score (nSPS) is 14.0. The lowest BCUT2D eigenvalue weighted by molar-refractivity contribution is -0.141. The molecule has 1 aliphatic rings. The number of pyridine rings is 1. The van der Waals surface area contributed by atoms with Crippen molar-refractivity contribution < 1.29 is 22.4 Å². The molecule has 7 nitrogen and oxygen atoms in total. The first kappa shape index (κ1) is 22.1. The van der Waals surface area contributed by atoms with E-state index >= 15 is 0 Å². The van der Waals surface area contributed by atoms with Crippen molar-refractivity contribution in [3.05, 3.63) is 64.4 Å². The van der Waals surface area contributed by atoms with Crippen molar-refractivity contribution in [1.82, 2.24) is 29.4 Å². The van der Waals surface area contributed by atoms with Crippen molar-refractivity contribution in [1.29, 1.82) is 0 Å². The second-order valence-corrected chi connectivity index (χ2v) is 8.39. The summed E-state index contributed by atoms with van der Waals surface area (Å²) in [6.07, 6.45) is -4.19. The van der Waals surface area contributed by atoms with Crippen LogP contribution in [0.15, 0.2) is 30.3 Å². The summed E-state index contributed by atoms with van der Waals surface area (Å²) in [4.78, 5) is 18.9. The third kappa shape index (κ3) is 3.61. The first-order valence-electron chi connectivity index (χ1n) is 10.6. The molecule has 0 radical (unpaired) electrons. The second kappa shape index (κ2) is 7.64. The van der Waals surface area contributed by atoms with Gasteiger partial charge >= 0.3 is 6.18 Å². The molecule has 4 heterocycles. The third-order valence-corrected chi connectivity index (χ3v) is 6.05. The Bertz CT molecular complexity index is 1450. The maximum Gasteiger partial charge on any atom is 0.435 e. The Balaban J connectivity index is 1.47. The number of fused-ring (bicyclic) bond motifs is 2. The number of aromatic nitrogens is 5. The van der Waals surface area contributed by atoms with Gasteiger partial charge in [-0.15, -0.1) is 0 Å².